The van der Waals surface area contributed by atoms with Gasteiger partial charge in [0.15, 0.2) is 0 Å². The predicted molar refractivity (Wildman–Crippen MR) is 66.6 cm³/mol. The zero-order valence-electron chi connectivity index (χ0n) is 9.48. The zero-order chi connectivity index (χ0) is 13.0. The van der Waals surface area contributed by atoms with E-state index in [1.54, 1.807) is 30.3 Å². The van der Waals surface area contributed by atoms with Crippen molar-refractivity contribution < 1.29 is 17.7 Å². The van der Waals surface area contributed by atoms with Crippen molar-refractivity contribution in [1.29, 1.82) is 0 Å². The minimum atomic E-state index is -3.82. The standard InChI is InChI=1S/C13H12O4S/c14-10-11-5-4-6-12(9-11)17-18(15,16)13-7-2-1-3-8-13/h1-9,14H,10H2. The van der Waals surface area contributed by atoms with E-state index in [0.29, 0.717) is 5.56 Å². The van der Waals surface area contributed by atoms with E-state index in [-0.39, 0.29) is 17.3 Å². The summed E-state index contributed by atoms with van der Waals surface area (Å²) < 4.78 is 28.8. The molecule has 2 aromatic carbocycles. The third kappa shape index (κ3) is 2.88. The molecule has 0 radical (unpaired) electrons. The average Bonchev–Trinajstić information content (AvgIpc) is 2.39. The van der Waals surface area contributed by atoms with Gasteiger partial charge in [0.2, 0.25) is 0 Å². The Bertz CT molecular complexity index is 620. The second-order valence-electron chi connectivity index (χ2n) is 3.66. The van der Waals surface area contributed by atoms with Gasteiger partial charge in [0.1, 0.15) is 10.6 Å². The summed E-state index contributed by atoms with van der Waals surface area (Å²) in [6.07, 6.45) is 0. The number of rotatable bonds is 4. The molecule has 0 aliphatic heterocycles. The summed E-state index contributed by atoms with van der Waals surface area (Å²) in [5, 5.41) is 8.97. The van der Waals surface area contributed by atoms with Crippen LogP contribution in [-0.2, 0) is 16.7 Å². The molecule has 4 nitrogen and oxygen atoms in total. The van der Waals surface area contributed by atoms with Crippen LogP contribution in [0, 0.1) is 0 Å². The highest BCUT2D eigenvalue weighted by Gasteiger charge is 2.15. The van der Waals surface area contributed by atoms with Crippen molar-refractivity contribution in [2.75, 3.05) is 0 Å². The second kappa shape index (κ2) is 5.20. The molecule has 0 bridgehead atoms. The minimum absolute atomic E-state index is 0.0967. The molecule has 94 valence electrons. The molecule has 0 saturated heterocycles. The van der Waals surface area contributed by atoms with Crippen molar-refractivity contribution in [2.24, 2.45) is 0 Å². The van der Waals surface area contributed by atoms with Gasteiger partial charge in [-0.2, -0.15) is 8.42 Å². The van der Waals surface area contributed by atoms with Crippen molar-refractivity contribution in [3.05, 3.63) is 60.2 Å². The Kier molecular flexibility index (Phi) is 3.64. The maximum atomic E-state index is 11.9. The summed E-state index contributed by atoms with van der Waals surface area (Å²) in [5.74, 6) is 0.186. The lowest BCUT2D eigenvalue weighted by atomic mass is 10.2. The topological polar surface area (TPSA) is 63.6 Å². The first-order valence-electron chi connectivity index (χ1n) is 5.31. The van der Waals surface area contributed by atoms with Crippen LogP contribution in [0.15, 0.2) is 59.5 Å². The Morgan fingerprint density at radius 2 is 1.72 bits per heavy atom. The highest BCUT2D eigenvalue weighted by molar-refractivity contribution is 7.87. The van der Waals surface area contributed by atoms with Crippen LogP contribution < -0.4 is 4.18 Å². The monoisotopic (exact) mass is 264 g/mol. The van der Waals surface area contributed by atoms with Crippen molar-refractivity contribution in [3.8, 4) is 5.75 Å². The molecule has 2 rings (SSSR count). The van der Waals surface area contributed by atoms with Crippen LogP contribution in [0.5, 0.6) is 5.75 Å². The zero-order valence-corrected chi connectivity index (χ0v) is 10.3. The first-order chi connectivity index (χ1) is 8.62. The van der Waals surface area contributed by atoms with Crippen LogP contribution in [-0.4, -0.2) is 13.5 Å². The van der Waals surface area contributed by atoms with Gasteiger partial charge >= 0.3 is 10.1 Å². The fraction of sp³-hybridized carbons (Fsp3) is 0.0769. The van der Waals surface area contributed by atoms with Crippen LogP contribution >= 0.6 is 0 Å². The lowest BCUT2D eigenvalue weighted by molar-refractivity contribution is 0.281. The number of hydrogen-bond acceptors (Lipinski definition) is 4. The van der Waals surface area contributed by atoms with Crippen LogP contribution in [0.4, 0.5) is 0 Å². The molecule has 0 aliphatic carbocycles. The van der Waals surface area contributed by atoms with Crippen LogP contribution in [0.3, 0.4) is 0 Å². The number of benzene rings is 2. The largest absolute Gasteiger partial charge is 0.392 e. The fourth-order valence-electron chi connectivity index (χ4n) is 1.46. The van der Waals surface area contributed by atoms with E-state index in [4.69, 9.17) is 9.29 Å². The third-order valence-electron chi connectivity index (χ3n) is 2.32. The smallest absolute Gasteiger partial charge is 0.339 e. The highest BCUT2D eigenvalue weighted by atomic mass is 32.2. The summed E-state index contributed by atoms with van der Waals surface area (Å²) in [5.41, 5.74) is 0.593. The summed E-state index contributed by atoms with van der Waals surface area (Å²) in [6.45, 7) is -0.164. The number of aliphatic hydroxyl groups excluding tert-OH is 1. The van der Waals surface area contributed by atoms with Crippen LogP contribution in [0.1, 0.15) is 5.56 Å². The summed E-state index contributed by atoms with van der Waals surface area (Å²) in [4.78, 5) is 0.0967. The van der Waals surface area contributed by atoms with Crippen molar-refractivity contribution in [3.63, 3.8) is 0 Å². The van der Waals surface area contributed by atoms with E-state index in [1.807, 2.05) is 0 Å². The molecule has 0 amide bonds. The molecule has 0 aliphatic rings. The van der Waals surface area contributed by atoms with Crippen molar-refractivity contribution in [1.82, 2.24) is 0 Å². The fourth-order valence-corrected chi connectivity index (χ4v) is 2.40. The van der Waals surface area contributed by atoms with Gasteiger partial charge in [-0.05, 0) is 29.8 Å². The van der Waals surface area contributed by atoms with Gasteiger partial charge < -0.3 is 9.29 Å². The van der Waals surface area contributed by atoms with Gasteiger partial charge in [-0.25, -0.2) is 0 Å². The molecular weight excluding hydrogens is 252 g/mol. The molecule has 0 fully saturated rings. The van der Waals surface area contributed by atoms with Crippen LogP contribution in [0.25, 0.3) is 0 Å². The maximum Gasteiger partial charge on any atom is 0.339 e. The number of hydrogen-bond donors (Lipinski definition) is 1. The van der Waals surface area contributed by atoms with Crippen molar-refractivity contribution >= 4 is 10.1 Å². The Hall–Kier alpha value is -1.85. The Balaban J connectivity index is 2.28. The quantitative estimate of drug-likeness (QED) is 0.857. The maximum absolute atomic E-state index is 11.9. The lowest BCUT2D eigenvalue weighted by Crippen LogP contribution is -2.09. The molecular formula is C13H12O4S. The van der Waals surface area contributed by atoms with Crippen LogP contribution in [0.2, 0.25) is 0 Å². The van der Waals surface area contributed by atoms with E-state index in [1.165, 1.54) is 24.3 Å². The lowest BCUT2D eigenvalue weighted by Gasteiger charge is -2.07. The molecule has 0 spiro atoms. The third-order valence-corrected chi connectivity index (χ3v) is 3.58. The van der Waals surface area contributed by atoms with Gasteiger partial charge in [-0.1, -0.05) is 30.3 Å². The van der Waals surface area contributed by atoms with E-state index in [9.17, 15) is 8.42 Å². The second-order valence-corrected chi connectivity index (χ2v) is 5.20. The van der Waals surface area contributed by atoms with Gasteiger partial charge in [-0.15, -0.1) is 0 Å². The van der Waals surface area contributed by atoms with Gasteiger partial charge in [-0.3, -0.25) is 0 Å². The van der Waals surface area contributed by atoms with E-state index in [2.05, 4.69) is 0 Å². The van der Waals surface area contributed by atoms with E-state index in [0.717, 1.165) is 0 Å². The highest BCUT2D eigenvalue weighted by Crippen LogP contribution is 2.19. The molecule has 0 aromatic heterocycles. The first-order valence-corrected chi connectivity index (χ1v) is 6.72. The molecule has 0 atom stereocenters. The SMILES string of the molecule is O=S(=O)(Oc1cccc(CO)c1)c1ccccc1. The Labute approximate surface area is 106 Å². The van der Waals surface area contributed by atoms with E-state index >= 15 is 0 Å². The van der Waals surface area contributed by atoms with Crippen molar-refractivity contribution in [2.45, 2.75) is 11.5 Å². The predicted octanol–water partition coefficient (Wildman–Crippen LogP) is 1.95. The molecule has 18 heavy (non-hydrogen) atoms. The normalized spacial score (nSPS) is 11.2. The number of aliphatic hydroxyl groups is 1. The van der Waals surface area contributed by atoms with Gasteiger partial charge in [0.25, 0.3) is 0 Å². The molecule has 0 saturated carbocycles. The Morgan fingerprint density at radius 3 is 2.39 bits per heavy atom. The van der Waals surface area contributed by atoms with E-state index < -0.39 is 10.1 Å². The van der Waals surface area contributed by atoms with Gasteiger partial charge in [0.05, 0.1) is 6.61 Å². The van der Waals surface area contributed by atoms with Gasteiger partial charge in [0, 0.05) is 0 Å². The first kappa shape index (κ1) is 12.6. The Morgan fingerprint density at radius 1 is 1.00 bits per heavy atom. The molecule has 0 heterocycles. The summed E-state index contributed by atoms with van der Waals surface area (Å²) >= 11 is 0. The molecule has 0 unspecified atom stereocenters. The minimum Gasteiger partial charge on any atom is -0.392 e. The molecule has 2 aromatic rings. The molecule has 5 heteroatoms. The summed E-state index contributed by atoms with van der Waals surface area (Å²) in [7, 11) is -3.82. The molecule has 1 N–H and O–H groups in total. The average molecular weight is 264 g/mol. The summed E-state index contributed by atoms with van der Waals surface area (Å²) in [6, 6.07) is 14.2.